The summed E-state index contributed by atoms with van der Waals surface area (Å²) >= 11 is 0. The second-order valence-electron chi connectivity index (χ2n) is 8.72. The number of benzene rings is 1. The second kappa shape index (κ2) is 13.1. The number of nitrogens with one attached hydrogen (secondary N) is 3. The van der Waals surface area contributed by atoms with Crippen molar-refractivity contribution in [2.24, 2.45) is 5.41 Å². The van der Waals surface area contributed by atoms with Gasteiger partial charge in [-0.25, -0.2) is 9.97 Å². The lowest BCUT2D eigenvalue weighted by Crippen LogP contribution is -2.49. The number of carboxylic acid groups (broad SMARTS) is 1. The molecule has 0 saturated heterocycles. The summed E-state index contributed by atoms with van der Waals surface area (Å²) in [5.41, 5.74) is 0.217. The van der Waals surface area contributed by atoms with Crippen molar-refractivity contribution < 1.29 is 19.5 Å². The van der Waals surface area contributed by atoms with Crippen molar-refractivity contribution in [3.63, 3.8) is 0 Å². The number of amides is 2. The monoisotopic (exact) mass is 455 g/mol. The van der Waals surface area contributed by atoms with Crippen molar-refractivity contribution in [1.29, 1.82) is 0 Å². The van der Waals surface area contributed by atoms with Gasteiger partial charge in [0, 0.05) is 38.3 Å². The molecule has 1 aromatic carbocycles. The zero-order chi connectivity index (χ0) is 24.1. The van der Waals surface area contributed by atoms with Gasteiger partial charge in [-0.1, -0.05) is 44.2 Å². The van der Waals surface area contributed by atoms with Crippen LogP contribution in [0.3, 0.4) is 0 Å². The minimum Gasteiger partial charge on any atom is -0.481 e. The molecule has 1 heterocycles. The highest BCUT2D eigenvalue weighted by Gasteiger charge is 2.28. The third-order valence-corrected chi connectivity index (χ3v) is 4.95. The molecule has 0 bridgehead atoms. The van der Waals surface area contributed by atoms with Gasteiger partial charge in [-0.2, -0.15) is 0 Å². The number of anilines is 1. The Morgan fingerprint density at radius 2 is 1.64 bits per heavy atom. The van der Waals surface area contributed by atoms with Gasteiger partial charge < -0.3 is 21.1 Å². The van der Waals surface area contributed by atoms with Crippen LogP contribution in [0.4, 0.5) is 5.95 Å². The van der Waals surface area contributed by atoms with E-state index in [1.165, 1.54) is 0 Å². The Hall–Kier alpha value is -3.49. The molecule has 0 aliphatic rings. The van der Waals surface area contributed by atoms with Gasteiger partial charge in [0.1, 0.15) is 6.04 Å². The number of nitrogens with zero attached hydrogens (tertiary/aromatic N) is 2. The van der Waals surface area contributed by atoms with Crippen molar-refractivity contribution in [1.82, 2.24) is 20.6 Å². The molecule has 0 radical (unpaired) electrons. The molecule has 0 aliphatic carbocycles. The summed E-state index contributed by atoms with van der Waals surface area (Å²) in [6, 6.07) is 10.5. The second-order valence-corrected chi connectivity index (χ2v) is 8.72. The SMILES string of the molecule is CC(C)(CC(=O)O)CC(=O)N[C@H](Cc1ccccc1)C(=O)NCCCCNc1ncccn1. The van der Waals surface area contributed by atoms with Gasteiger partial charge in [0.25, 0.3) is 0 Å². The molecule has 0 spiro atoms. The minimum absolute atomic E-state index is 0.0189. The zero-order valence-electron chi connectivity index (χ0n) is 19.2. The summed E-state index contributed by atoms with van der Waals surface area (Å²) in [6.07, 6.45) is 5.15. The Balaban J connectivity index is 1.85. The number of carboxylic acids is 1. The van der Waals surface area contributed by atoms with Crippen molar-refractivity contribution in [2.45, 2.75) is 52.0 Å². The Bertz CT molecular complexity index is 890. The first kappa shape index (κ1) is 25.8. The predicted octanol–water partition coefficient (Wildman–Crippen LogP) is 2.40. The van der Waals surface area contributed by atoms with E-state index in [1.54, 1.807) is 32.3 Å². The summed E-state index contributed by atoms with van der Waals surface area (Å²) in [4.78, 5) is 44.6. The third kappa shape index (κ3) is 10.6. The zero-order valence-corrected chi connectivity index (χ0v) is 19.2. The average molecular weight is 456 g/mol. The minimum atomic E-state index is -0.959. The Labute approximate surface area is 194 Å². The first-order valence-corrected chi connectivity index (χ1v) is 11.1. The molecule has 2 aromatic rings. The van der Waals surface area contributed by atoms with Crippen LogP contribution in [0.2, 0.25) is 0 Å². The van der Waals surface area contributed by atoms with E-state index in [1.807, 2.05) is 30.3 Å². The van der Waals surface area contributed by atoms with Gasteiger partial charge in [0.2, 0.25) is 17.8 Å². The number of unbranched alkanes of at least 4 members (excludes halogenated alkanes) is 1. The molecule has 0 aliphatic heterocycles. The molecule has 4 N–H and O–H groups in total. The van der Waals surface area contributed by atoms with E-state index < -0.39 is 17.4 Å². The van der Waals surface area contributed by atoms with E-state index in [0.29, 0.717) is 25.5 Å². The number of carbonyl (C=O) groups is 3. The van der Waals surface area contributed by atoms with Crippen LogP contribution >= 0.6 is 0 Å². The first-order chi connectivity index (χ1) is 15.7. The topological polar surface area (TPSA) is 133 Å². The lowest BCUT2D eigenvalue weighted by molar-refractivity contribution is -0.140. The third-order valence-electron chi connectivity index (χ3n) is 4.95. The number of aromatic nitrogens is 2. The van der Waals surface area contributed by atoms with E-state index >= 15 is 0 Å². The largest absolute Gasteiger partial charge is 0.481 e. The fourth-order valence-electron chi connectivity index (χ4n) is 3.39. The molecule has 0 fully saturated rings. The molecule has 178 valence electrons. The van der Waals surface area contributed by atoms with Crippen LogP contribution in [0.25, 0.3) is 0 Å². The lowest BCUT2D eigenvalue weighted by Gasteiger charge is -2.24. The van der Waals surface area contributed by atoms with Crippen molar-refractivity contribution in [3.8, 4) is 0 Å². The van der Waals surface area contributed by atoms with Gasteiger partial charge in [0.15, 0.2) is 0 Å². The number of carbonyl (C=O) groups excluding carboxylic acids is 2. The highest BCUT2D eigenvalue weighted by Crippen LogP contribution is 2.24. The van der Waals surface area contributed by atoms with Gasteiger partial charge in [-0.3, -0.25) is 14.4 Å². The van der Waals surface area contributed by atoms with Gasteiger partial charge >= 0.3 is 5.97 Å². The standard InChI is InChI=1S/C24H33N5O4/c1-24(2,17-21(31)32)16-20(30)29-19(15-18-9-4-3-5-10-18)22(33)25-11-6-7-12-26-23-27-13-8-14-28-23/h3-5,8-10,13-14,19H,6-7,11-12,15-17H2,1-2H3,(H,25,33)(H,29,30)(H,31,32)(H,26,27,28)/t19-/m1/s1. The van der Waals surface area contributed by atoms with E-state index in [0.717, 1.165) is 18.4 Å². The number of hydrogen-bond acceptors (Lipinski definition) is 6. The number of rotatable bonds is 14. The molecular weight excluding hydrogens is 422 g/mol. The highest BCUT2D eigenvalue weighted by molar-refractivity contribution is 5.88. The van der Waals surface area contributed by atoms with Crippen molar-refractivity contribution in [3.05, 3.63) is 54.4 Å². The maximum atomic E-state index is 12.8. The maximum absolute atomic E-state index is 12.8. The van der Waals surface area contributed by atoms with Crippen LogP contribution in [-0.4, -0.2) is 52.0 Å². The van der Waals surface area contributed by atoms with Crippen molar-refractivity contribution >= 4 is 23.7 Å². The molecule has 1 atom stereocenters. The molecule has 9 heteroatoms. The van der Waals surface area contributed by atoms with E-state index in [4.69, 9.17) is 5.11 Å². The van der Waals surface area contributed by atoms with Gasteiger partial charge in [-0.05, 0) is 29.9 Å². The summed E-state index contributed by atoms with van der Waals surface area (Å²) in [7, 11) is 0. The molecule has 1 aromatic heterocycles. The average Bonchev–Trinajstić information content (AvgIpc) is 2.75. The number of aliphatic carboxylic acids is 1. The summed E-state index contributed by atoms with van der Waals surface area (Å²) in [5, 5.41) is 17.8. The molecule has 33 heavy (non-hydrogen) atoms. The van der Waals surface area contributed by atoms with Crippen LogP contribution in [0.1, 0.15) is 45.1 Å². The predicted molar refractivity (Wildman–Crippen MR) is 125 cm³/mol. The highest BCUT2D eigenvalue weighted by atomic mass is 16.4. The summed E-state index contributed by atoms with van der Waals surface area (Å²) < 4.78 is 0. The van der Waals surface area contributed by atoms with E-state index in [2.05, 4.69) is 25.9 Å². The Kier molecular flexibility index (Phi) is 10.3. The van der Waals surface area contributed by atoms with Crippen molar-refractivity contribution in [2.75, 3.05) is 18.4 Å². The summed E-state index contributed by atoms with van der Waals surface area (Å²) in [5.74, 6) is -0.996. The fraction of sp³-hybridized carbons (Fsp3) is 0.458. The molecule has 2 rings (SSSR count). The Morgan fingerprint density at radius 3 is 2.30 bits per heavy atom. The Morgan fingerprint density at radius 1 is 0.970 bits per heavy atom. The van der Waals surface area contributed by atoms with Crippen LogP contribution in [0.5, 0.6) is 0 Å². The number of hydrogen-bond donors (Lipinski definition) is 4. The molecular formula is C24H33N5O4. The maximum Gasteiger partial charge on any atom is 0.303 e. The molecule has 0 saturated carbocycles. The van der Waals surface area contributed by atoms with Gasteiger partial charge in [0.05, 0.1) is 6.42 Å². The van der Waals surface area contributed by atoms with Crippen LogP contribution in [0.15, 0.2) is 48.8 Å². The smallest absolute Gasteiger partial charge is 0.303 e. The molecule has 0 unspecified atom stereocenters. The molecule has 2 amide bonds. The van der Waals surface area contributed by atoms with Crippen LogP contribution < -0.4 is 16.0 Å². The lowest BCUT2D eigenvalue weighted by atomic mass is 9.85. The quantitative estimate of drug-likeness (QED) is 0.321. The van der Waals surface area contributed by atoms with E-state index in [-0.39, 0.29) is 24.7 Å². The van der Waals surface area contributed by atoms with Crippen LogP contribution in [-0.2, 0) is 20.8 Å². The van der Waals surface area contributed by atoms with Crippen LogP contribution in [0, 0.1) is 5.41 Å². The van der Waals surface area contributed by atoms with Gasteiger partial charge in [-0.15, -0.1) is 0 Å². The first-order valence-electron chi connectivity index (χ1n) is 11.1. The van der Waals surface area contributed by atoms with E-state index in [9.17, 15) is 14.4 Å². The fourth-order valence-corrected chi connectivity index (χ4v) is 3.39. The normalized spacial score (nSPS) is 11.9. The summed E-state index contributed by atoms with van der Waals surface area (Å²) in [6.45, 7) is 4.60. The molecule has 9 nitrogen and oxygen atoms in total.